The molecule has 1 aliphatic rings. The number of carbonyl (C=O) groups excluding carboxylic acids is 1. The summed E-state index contributed by atoms with van der Waals surface area (Å²) in [7, 11) is 0. The summed E-state index contributed by atoms with van der Waals surface area (Å²) >= 11 is 0. The predicted octanol–water partition coefficient (Wildman–Crippen LogP) is 3.61. The Kier molecular flexibility index (Phi) is 4.42. The van der Waals surface area contributed by atoms with E-state index in [-0.39, 0.29) is 17.4 Å². The van der Waals surface area contributed by atoms with Crippen LogP contribution < -0.4 is 0 Å². The minimum Gasteiger partial charge on any atom is -0.478 e. The summed E-state index contributed by atoms with van der Waals surface area (Å²) in [5, 5.41) is 8.99. The maximum absolute atomic E-state index is 12.7. The fourth-order valence-corrected chi connectivity index (χ4v) is 3.35. The minimum atomic E-state index is -0.923. The molecule has 24 heavy (non-hydrogen) atoms. The molecule has 1 atom stereocenters. The summed E-state index contributed by atoms with van der Waals surface area (Å²) in [6.45, 7) is 5.04. The molecule has 1 N–H and O–H groups in total. The number of furan rings is 1. The average Bonchev–Trinajstić information content (AvgIpc) is 2.92. The van der Waals surface area contributed by atoms with Crippen LogP contribution in [0.15, 0.2) is 34.7 Å². The second-order valence-corrected chi connectivity index (χ2v) is 6.34. The van der Waals surface area contributed by atoms with Gasteiger partial charge in [-0.25, -0.2) is 4.79 Å². The van der Waals surface area contributed by atoms with Crippen molar-refractivity contribution in [1.82, 2.24) is 4.90 Å². The first-order valence-corrected chi connectivity index (χ1v) is 8.15. The number of hydrogen-bond acceptors (Lipinski definition) is 3. The van der Waals surface area contributed by atoms with Crippen molar-refractivity contribution in [3.63, 3.8) is 0 Å². The first-order chi connectivity index (χ1) is 11.5. The lowest BCUT2D eigenvalue weighted by Gasteiger charge is -2.33. The van der Waals surface area contributed by atoms with Crippen LogP contribution in [0, 0.1) is 13.8 Å². The maximum Gasteiger partial charge on any atom is 0.335 e. The second-order valence-electron chi connectivity index (χ2n) is 6.34. The molecule has 1 amide bonds. The quantitative estimate of drug-likeness (QED) is 0.935. The fourth-order valence-electron chi connectivity index (χ4n) is 3.35. The van der Waals surface area contributed by atoms with Crippen molar-refractivity contribution in [2.45, 2.75) is 32.6 Å². The Morgan fingerprint density at radius 3 is 2.50 bits per heavy atom. The Morgan fingerprint density at radius 2 is 1.92 bits per heavy atom. The van der Waals surface area contributed by atoms with Crippen LogP contribution in [0.3, 0.4) is 0 Å². The largest absolute Gasteiger partial charge is 0.478 e. The molecule has 1 aromatic heterocycles. The van der Waals surface area contributed by atoms with E-state index in [1.165, 1.54) is 0 Å². The number of carbonyl (C=O) groups is 2. The lowest BCUT2D eigenvalue weighted by Crippen LogP contribution is -2.39. The highest BCUT2D eigenvalue weighted by Gasteiger charge is 2.27. The van der Waals surface area contributed by atoms with Crippen molar-refractivity contribution in [3.05, 3.63) is 58.5 Å². The smallest absolute Gasteiger partial charge is 0.335 e. The third-order valence-electron chi connectivity index (χ3n) is 4.61. The number of likely N-dealkylation sites (tertiary alicyclic amines) is 1. The summed E-state index contributed by atoms with van der Waals surface area (Å²) < 4.78 is 5.47. The van der Waals surface area contributed by atoms with E-state index in [1.54, 1.807) is 18.2 Å². The van der Waals surface area contributed by atoms with Crippen molar-refractivity contribution in [2.24, 2.45) is 0 Å². The minimum absolute atomic E-state index is 0.0104. The van der Waals surface area contributed by atoms with E-state index in [2.05, 4.69) is 0 Å². The summed E-state index contributed by atoms with van der Waals surface area (Å²) in [4.78, 5) is 25.6. The van der Waals surface area contributed by atoms with Gasteiger partial charge in [-0.2, -0.15) is 0 Å². The van der Waals surface area contributed by atoms with Gasteiger partial charge in [0.25, 0.3) is 5.91 Å². The van der Waals surface area contributed by atoms with Crippen LogP contribution in [0.1, 0.15) is 56.6 Å². The van der Waals surface area contributed by atoms with E-state index in [9.17, 15) is 9.59 Å². The Hall–Kier alpha value is -2.56. The molecule has 1 fully saturated rings. The third kappa shape index (κ3) is 3.20. The summed E-state index contributed by atoms with van der Waals surface area (Å²) in [6.07, 6.45) is 1.94. The van der Waals surface area contributed by atoms with Crippen LogP contribution in [0.2, 0.25) is 0 Å². The second kappa shape index (κ2) is 6.51. The van der Waals surface area contributed by atoms with Crippen molar-refractivity contribution in [3.8, 4) is 0 Å². The standard InChI is InChI=1S/C19H21NO4/c1-12-10-17(13(2)24-12)18(21)20-9-3-4-16(11-20)14-5-7-15(8-6-14)19(22)23/h5-8,10,16H,3-4,9,11H2,1-2H3,(H,22,23). The van der Waals surface area contributed by atoms with E-state index in [4.69, 9.17) is 9.52 Å². The van der Waals surface area contributed by atoms with Gasteiger partial charge in [-0.05, 0) is 50.5 Å². The first kappa shape index (κ1) is 16.3. The van der Waals surface area contributed by atoms with Gasteiger partial charge in [0.2, 0.25) is 0 Å². The molecule has 1 saturated heterocycles. The molecule has 1 unspecified atom stereocenters. The number of carboxylic acid groups (broad SMARTS) is 1. The van der Waals surface area contributed by atoms with E-state index >= 15 is 0 Å². The van der Waals surface area contributed by atoms with E-state index in [1.807, 2.05) is 30.9 Å². The number of aromatic carboxylic acids is 1. The van der Waals surface area contributed by atoms with Crippen molar-refractivity contribution in [2.75, 3.05) is 13.1 Å². The zero-order chi connectivity index (χ0) is 17.3. The molecule has 5 nitrogen and oxygen atoms in total. The molecule has 5 heteroatoms. The summed E-state index contributed by atoms with van der Waals surface area (Å²) in [5.41, 5.74) is 2.00. The number of carboxylic acids is 1. The van der Waals surface area contributed by atoms with Crippen LogP contribution in [0.25, 0.3) is 0 Å². The predicted molar refractivity (Wildman–Crippen MR) is 89.5 cm³/mol. The van der Waals surface area contributed by atoms with Gasteiger partial charge < -0.3 is 14.4 Å². The SMILES string of the molecule is Cc1cc(C(=O)N2CCCC(c3ccc(C(=O)O)cc3)C2)c(C)o1. The van der Waals surface area contributed by atoms with Crippen LogP contribution in [0.5, 0.6) is 0 Å². The third-order valence-corrected chi connectivity index (χ3v) is 4.61. The molecule has 0 radical (unpaired) electrons. The van der Waals surface area contributed by atoms with E-state index in [0.717, 1.165) is 30.7 Å². The topological polar surface area (TPSA) is 70.8 Å². The number of benzene rings is 1. The molecule has 0 aliphatic carbocycles. The monoisotopic (exact) mass is 327 g/mol. The van der Waals surface area contributed by atoms with Gasteiger partial charge in [-0.15, -0.1) is 0 Å². The number of rotatable bonds is 3. The molecule has 0 bridgehead atoms. The van der Waals surface area contributed by atoms with Gasteiger partial charge in [0.05, 0.1) is 11.1 Å². The highest BCUT2D eigenvalue weighted by Crippen LogP contribution is 2.28. The van der Waals surface area contributed by atoms with Gasteiger partial charge in [0.15, 0.2) is 0 Å². The zero-order valence-electron chi connectivity index (χ0n) is 13.9. The normalized spacial score (nSPS) is 17.8. The fraction of sp³-hybridized carbons (Fsp3) is 0.368. The van der Waals surface area contributed by atoms with Gasteiger partial charge in [-0.1, -0.05) is 12.1 Å². The highest BCUT2D eigenvalue weighted by molar-refractivity contribution is 5.95. The molecule has 2 aromatic rings. The maximum atomic E-state index is 12.7. The van der Waals surface area contributed by atoms with Gasteiger partial charge in [0.1, 0.15) is 11.5 Å². The van der Waals surface area contributed by atoms with Crippen molar-refractivity contribution in [1.29, 1.82) is 0 Å². The van der Waals surface area contributed by atoms with E-state index < -0.39 is 5.97 Å². The Balaban J connectivity index is 1.75. The molecule has 0 spiro atoms. The lowest BCUT2D eigenvalue weighted by molar-refractivity contribution is 0.0693. The number of amides is 1. The summed E-state index contributed by atoms with van der Waals surface area (Å²) in [6, 6.07) is 8.76. The van der Waals surface area contributed by atoms with Crippen LogP contribution in [-0.4, -0.2) is 35.0 Å². The van der Waals surface area contributed by atoms with Crippen molar-refractivity contribution >= 4 is 11.9 Å². The van der Waals surface area contributed by atoms with E-state index in [0.29, 0.717) is 17.9 Å². The number of hydrogen-bond donors (Lipinski definition) is 1. The average molecular weight is 327 g/mol. The van der Waals surface area contributed by atoms with Gasteiger partial charge in [-0.3, -0.25) is 4.79 Å². The Labute approximate surface area is 140 Å². The Bertz CT molecular complexity index is 760. The summed E-state index contributed by atoms with van der Waals surface area (Å²) in [5.74, 6) is 0.724. The molecule has 2 heterocycles. The van der Waals surface area contributed by atoms with Gasteiger partial charge in [0, 0.05) is 19.0 Å². The first-order valence-electron chi connectivity index (χ1n) is 8.15. The zero-order valence-corrected chi connectivity index (χ0v) is 13.9. The number of nitrogens with zero attached hydrogens (tertiary/aromatic N) is 1. The molecule has 1 aromatic carbocycles. The van der Waals surface area contributed by atoms with Crippen LogP contribution in [-0.2, 0) is 0 Å². The molecule has 0 saturated carbocycles. The number of aryl methyl sites for hydroxylation is 2. The van der Waals surface area contributed by atoms with Gasteiger partial charge >= 0.3 is 5.97 Å². The van der Waals surface area contributed by atoms with Crippen LogP contribution >= 0.6 is 0 Å². The lowest BCUT2D eigenvalue weighted by atomic mass is 9.90. The number of piperidine rings is 1. The molecule has 126 valence electrons. The van der Waals surface area contributed by atoms with Crippen LogP contribution in [0.4, 0.5) is 0 Å². The molecule has 3 rings (SSSR count). The Morgan fingerprint density at radius 1 is 1.21 bits per heavy atom. The highest BCUT2D eigenvalue weighted by atomic mass is 16.4. The molecular formula is C19H21NO4. The molecular weight excluding hydrogens is 306 g/mol. The molecule has 1 aliphatic heterocycles. The van der Waals surface area contributed by atoms with Crippen molar-refractivity contribution < 1.29 is 19.1 Å².